The van der Waals surface area contributed by atoms with Crippen molar-refractivity contribution in [3.8, 4) is 5.75 Å². The molecule has 9 atom stereocenters. The molecule has 0 saturated carbocycles. The molecule has 0 aliphatic heterocycles. The van der Waals surface area contributed by atoms with Gasteiger partial charge in [-0.15, -0.1) is 0 Å². The molecule has 0 saturated heterocycles. The van der Waals surface area contributed by atoms with Crippen molar-refractivity contribution in [2.24, 2.45) is 38.7 Å². The van der Waals surface area contributed by atoms with E-state index >= 15 is 0 Å². The summed E-state index contributed by atoms with van der Waals surface area (Å²) < 4.78 is 0. The number of unbranched alkanes of at least 4 members (excludes halogenated alkanes) is 6. The van der Waals surface area contributed by atoms with Crippen LogP contribution in [0.2, 0.25) is 0 Å². The summed E-state index contributed by atoms with van der Waals surface area (Å²) in [5.74, 6) is -7.85. The molecule has 0 aliphatic carbocycles. The largest absolute Gasteiger partial charge is 0.508 e. The predicted molar refractivity (Wildman–Crippen MR) is 333 cm³/mol. The minimum atomic E-state index is -1.35. The number of aromatic hydroxyl groups is 1. The molecule has 28 heteroatoms. The lowest BCUT2D eigenvalue weighted by atomic mass is 10.0. The maximum Gasteiger partial charge on any atom is 0.326 e. The number of carbonyl (C=O) groups is 10. The van der Waals surface area contributed by atoms with Crippen molar-refractivity contribution < 1.29 is 58.2 Å². The Bertz CT molecular complexity index is 2350. The van der Waals surface area contributed by atoms with Gasteiger partial charge in [-0.25, -0.2) is 4.79 Å². The Morgan fingerprint density at radius 2 is 0.690 bits per heavy atom. The van der Waals surface area contributed by atoms with E-state index in [0.717, 1.165) is 0 Å². The standard InChI is InChI=1S/C59H104N16O12/c1-7-13-22-40(50(79)67-36-48(77)68-47(57(86)87)35-37-29-31-38(76)32-30-37)70-52(81)42(24-15-9-3)72-54(83)44(26-17-11-5)74-56(85)46(28-20-34-66-59(63)64)75-55(84)45(27-18-12-6)73-53(82)43(25-16-10-4)71-51(80)41(23-14-8-2)69-49(78)39(60)21-19-33-65-58(61)62/h29-32,39-47,76H,7-28,33-36,60H2,1-6H3,(H,67,79)(H,68,77)(H,69,78)(H,70,81)(H,71,80)(H,72,83)(H,73,82)(H,74,85)(H,75,84)(H,86,87)(H4,61,62,65)(H4,63,64,66)/t39-,40-,41-,42-,43-,44-,45-,46-,47-/m0/s1. The van der Waals surface area contributed by atoms with E-state index in [-0.39, 0.29) is 95.0 Å². The minimum absolute atomic E-state index is 0.0163. The van der Waals surface area contributed by atoms with Crippen LogP contribution in [0.4, 0.5) is 0 Å². The second-order valence-corrected chi connectivity index (χ2v) is 21.8. The number of aliphatic carboxylic acids is 1. The number of benzene rings is 1. The summed E-state index contributed by atoms with van der Waals surface area (Å²) in [5.41, 5.74) is 28.7. The number of rotatable bonds is 47. The SMILES string of the molecule is CCCC[C@H](NC(=O)[C@H](CCCC)NC(=O)[C@H](CCCC)NC(=O)[C@H](CCCN=C(N)N)NC(=O)[C@H](CCCC)NC(=O)[C@H](CCCC)NC(=O)[C@H](CCCC)NC(=O)[C@@H](N)CCCN=C(N)N)C(=O)NCC(=O)N[C@@H](Cc1ccc(O)cc1)C(=O)O. The van der Waals surface area contributed by atoms with Crippen molar-refractivity contribution in [1.29, 1.82) is 0 Å². The molecule has 0 spiro atoms. The summed E-state index contributed by atoms with van der Waals surface area (Å²) >= 11 is 0. The summed E-state index contributed by atoms with van der Waals surface area (Å²) in [6.07, 6.45) is 8.68. The number of carboxylic acids is 1. The number of hydrogen-bond acceptors (Lipinski definition) is 14. The van der Waals surface area contributed by atoms with Crippen LogP contribution in [-0.2, 0) is 54.4 Å². The summed E-state index contributed by atoms with van der Waals surface area (Å²) in [6, 6.07) is -4.70. The lowest BCUT2D eigenvalue weighted by Crippen LogP contribution is -2.60. The molecule has 21 N–H and O–H groups in total. The van der Waals surface area contributed by atoms with Gasteiger partial charge in [0.1, 0.15) is 54.1 Å². The number of carboxylic acid groups (broad SMARTS) is 1. The molecule has 28 nitrogen and oxygen atoms in total. The first-order chi connectivity index (χ1) is 41.4. The molecule has 87 heavy (non-hydrogen) atoms. The molecule has 0 radical (unpaired) electrons. The Labute approximate surface area is 512 Å². The van der Waals surface area contributed by atoms with Gasteiger partial charge in [0.25, 0.3) is 0 Å². The molecular formula is C59H104N16O12. The lowest BCUT2D eigenvalue weighted by Gasteiger charge is -2.28. The van der Waals surface area contributed by atoms with E-state index in [4.69, 9.17) is 28.7 Å². The third-order valence-corrected chi connectivity index (χ3v) is 14.2. The van der Waals surface area contributed by atoms with Gasteiger partial charge in [0.05, 0.1) is 12.6 Å². The van der Waals surface area contributed by atoms with Crippen LogP contribution in [-0.4, -0.2) is 155 Å². The molecule has 1 rings (SSSR count). The Morgan fingerprint density at radius 3 is 0.989 bits per heavy atom. The maximum absolute atomic E-state index is 14.5. The molecule has 1 aromatic carbocycles. The van der Waals surface area contributed by atoms with Crippen LogP contribution in [0.1, 0.15) is 188 Å². The molecule has 492 valence electrons. The van der Waals surface area contributed by atoms with Crippen molar-refractivity contribution in [2.45, 2.75) is 244 Å². The van der Waals surface area contributed by atoms with Crippen molar-refractivity contribution in [1.82, 2.24) is 47.9 Å². The molecule has 0 aliphatic rings. The first-order valence-corrected chi connectivity index (χ1v) is 31.0. The average molecular weight is 1230 g/mol. The van der Waals surface area contributed by atoms with E-state index in [2.05, 4.69) is 57.8 Å². The van der Waals surface area contributed by atoms with E-state index in [1.807, 2.05) is 41.5 Å². The third kappa shape index (κ3) is 33.1. The molecular weight excluding hydrogens is 1120 g/mol. The maximum atomic E-state index is 14.5. The van der Waals surface area contributed by atoms with E-state index in [9.17, 15) is 58.2 Å². The second-order valence-electron chi connectivity index (χ2n) is 21.8. The van der Waals surface area contributed by atoms with Crippen LogP contribution in [0.25, 0.3) is 0 Å². The summed E-state index contributed by atoms with van der Waals surface area (Å²) in [4.78, 5) is 145. The van der Waals surface area contributed by atoms with Gasteiger partial charge < -0.3 is 86.7 Å². The fourth-order valence-electron chi connectivity index (χ4n) is 9.00. The van der Waals surface area contributed by atoms with Gasteiger partial charge in [0, 0.05) is 19.5 Å². The van der Waals surface area contributed by atoms with Gasteiger partial charge >= 0.3 is 5.97 Å². The molecule has 0 aromatic heterocycles. The number of phenolic OH excluding ortho intramolecular Hbond substituents is 1. The van der Waals surface area contributed by atoms with Gasteiger partial charge in [0.15, 0.2) is 11.9 Å². The van der Waals surface area contributed by atoms with E-state index < -0.39 is 120 Å². The van der Waals surface area contributed by atoms with Crippen molar-refractivity contribution in [2.75, 3.05) is 19.6 Å². The Hall–Kier alpha value is -7.78. The Morgan fingerprint density at radius 1 is 0.402 bits per heavy atom. The number of hydrogen-bond donors (Lipinski definition) is 16. The monoisotopic (exact) mass is 1230 g/mol. The van der Waals surface area contributed by atoms with Crippen LogP contribution in [0, 0.1) is 0 Å². The lowest BCUT2D eigenvalue weighted by molar-refractivity contribution is -0.141. The number of nitrogens with zero attached hydrogens (tertiary/aromatic N) is 2. The van der Waals surface area contributed by atoms with Gasteiger partial charge in [-0.2, -0.15) is 0 Å². The number of amides is 9. The van der Waals surface area contributed by atoms with Crippen LogP contribution >= 0.6 is 0 Å². The smallest absolute Gasteiger partial charge is 0.326 e. The number of phenols is 1. The minimum Gasteiger partial charge on any atom is -0.508 e. The van der Waals surface area contributed by atoms with Crippen LogP contribution in [0.15, 0.2) is 34.3 Å². The van der Waals surface area contributed by atoms with Crippen LogP contribution in [0.5, 0.6) is 5.75 Å². The number of guanidine groups is 2. The normalized spacial score (nSPS) is 14.1. The zero-order valence-electron chi connectivity index (χ0n) is 52.1. The van der Waals surface area contributed by atoms with Crippen LogP contribution < -0.4 is 76.5 Å². The van der Waals surface area contributed by atoms with E-state index in [0.29, 0.717) is 89.0 Å². The first kappa shape index (κ1) is 77.2. The Kier molecular flexibility index (Phi) is 39.6. The fraction of sp³-hybridized carbons (Fsp3) is 0.695. The van der Waals surface area contributed by atoms with Crippen molar-refractivity contribution >= 4 is 71.1 Å². The Balaban J connectivity index is 3.45. The van der Waals surface area contributed by atoms with Gasteiger partial charge in [-0.3, -0.25) is 53.1 Å². The molecule has 0 heterocycles. The average Bonchev–Trinajstić information content (AvgIpc) is 3.37. The van der Waals surface area contributed by atoms with E-state index in [1.54, 1.807) is 0 Å². The summed E-state index contributed by atoms with van der Waals surface area (Å²) in [7, 11) is 0. The highest BCUT2D eigenvalue weighted by atomic mass is 16.4. The molecule has 9 amide bonds. The van der Waals surface area contributed by atoms with Crippen molar-refractivity contribution in [3.63, 3.8) is 0 Å². The molecule has 0 unspecified atom stereocenters. The highest BCUT2D eigenvalue weighted by Crippen LogP contribution is 2.14. The predicted octanol–water partition coefficient (Wildman–Crippen LogP) is 0.590. The van der Waals surface area contributed by atoms with Gasteiger partial charge in [0.2, 0.25) is 53.2 Å². The first-order valence-electron chi connectivity index (χ1n) is 31.0. The number of nitrogens with two attached hydrogens (primary N) is 5. The highest BCUT2D eigenvalue weighted by molar-refractivity contribution is 5.98. The zero-order chi connectivity index (χ0) is 65.3. The molecule has 1 aromatic rings. The van der Waals surface area contributed by atoms with Crippen molar-refractivity contribution in [3.05, 3.63) is 29.8 Å². The van der Waals surface area contributed by atoms with E-state index in [1.165, 1.54) is 24.3 Å². The van der Waals surface area contributed by atoms with Gasteiger partial charge in [-0.1, -0.05) is 131 Å². The molecule has 0 fully saturated rings. The van der Waals surface area contributed by atoms with Gasteiger partial charge in [-0.05, 0) is 81.9 Å². The summed E-state index contributed by atoms with van der Waals surface area (Å²) in [6.45, 7) is 11.1. The second kappa shape index (κ2) is 44.6. The summed E-state index contributed by atoms with van der Waals surface area (Å²) in [5, 5.41) is 43.7. The van der Waals surface area contributed by atoms with Crippen LogP contribution in [0.3, 0.4) is 0 Å². The fourth-order valence-corrected chi connectivity index (χ4v) is 9.00. The number of aliphatic imine (C=N–C) groups is 2. The number of nitrogens with one attached hydrogen (secondary N) is 9. The topological polar surface area (TPSA) is 474 Å². The number of carbonyl (C=O) groups excluding carboxylic acids is 9. The highest BCUT2D eigenvalue weighted by Gasteiger charge is 2.35. The zero-order valence-corrected chi connectivity index (χ0v) is 52.1. The molecule has 0 bridgehead atoms. The third-order valence-electron chi connectivity index (χ3n) is 14.2. The quantitative estimate of drug-likeness (QED) is 0.0241.